The van der Waals surface area contributed by atoms with Gasteiger partial charge in [0.25, 0.3) is 15.9 Å². The molecule has 0 fully saturated rings. The molecule has 9 heteroatoms. The standard InChI is InChI=1S/C26H32ClN3O3S2/c1-2-3-4-5-6-7-17-28-23-9-8-18-30(19-16-23)35(32,33)25-15-14-24(34-25)20-29-26(31)21-10-12-22(27)13-11-21/h8-16,18-19,28H,2-7,17,20H2,1H3,(H,29,31). The zero-order valence-corrected chi connectivity index (χ0v) is 22.3. The number of amides is 1. The third kappa shape index (κ3) is 8.26. The normalized spacial score (nSPS) is 13.4. The van der Waals surface area contributed by atoms with Crippen LogP contribution in [0.2, 0.25) is 5.02 Å². The van der Waals surface area contributed by atoms with Gasteiger partial charge in [0.2, 0.25) is 0 Å². The van der Waals surface area contributed by atoms with Gasteiger partial charge in [-0.05, 0) is 61.0 Å². The van der Waals surface area contributed by atoms with Crippen LogP contribution in [-0.4, -0.2) is 25.2 Å². The molecular formula is C26H32ClN3O3S2. The molecule has 0 bridgehead atoms. The number of nitrogens with zero attached hydrogens (tertiary/aromatic N) is 1. The van der Waals surface area contributed by atoms with E-state index in [1.165, 1.54) is 42.6 Å². The van der Waals surface area contributed by atoms with Crippen LogP contribution in [0.5, 0.6) is 0 Å². The Morgan fingerprint density at radius 3 is 2.51 bits per heavy atom. The van der Waals surface area contributed by atoms with Gasteiger partial charge in [-0.1, -0.05) is 50.6 Å². The van der Waals surface area contributed by atoms with Crippen LogP contribution in [0.3, 0.4) is 0 Å². The minimum Gasteiger partial charge on any atom is -0.385 e. The van der Waals surface area contributed by atoms with E-state index in [9.17, 15) is 13.2 Å². The molecule has 2 N–H and O–H groups in total. The number of hydrogen-bond donors (Lipinski definition) is 2. The van der Waals surface area contributed by atoms with E-state index in [4.69, 9.17) is 11.6 Å². The maximum atomic E-state index is 13.1. The number of thiophene rings is 1. The van der Waals surface area contributed by atoms with Gasteiger partial charge in [0, 0.05) is 40.1 Å². The maximum Gasteiger partial charge on any atom is 0.277 e. The highest BCUT2D eigenvalue weighted by Gasteiger charge is 2.22. The summed E-state index contributed by atoms with van der Waals surface area (Å²) >= 11 is 7.00. The summed E-state index contributed by atoms with van der Waals surface area (Å²) in [6.45, 7) is 3.31. The first kappa shape index (κ1) is 27.0. The molecule has 1 aromatic heterocycles. The average Bonchev–Trinajstić information content (AvgIpc) is 3.21. The van der Waals surface area contributed by atoms with E-state index < -0.39 is 10.0 Å². The van der Waals surface area contributed by atoms with Crippen molar-refractivity contribution in [3.8, 4) is 0 Å². The Bertz CT molecular complexity index is 1170. The summed E-state index contributed by atoms with van der Waals surface area (Å²) in [6.07, 6.45) is 15.8. The first-order valence-electron chi connectivity index (χ1n) is 11.9. The van der Waals surface area contributed by atoms with E-state index in [0.717, 1.165) is 34.9 Å². The third-order valence-corrected chi connectivity index (χ3v) is 8.92. The zero-order valence-electron chi connectivity index (χ0n) is 19.9. The highest BCUT2D eigenvalue weighted by molar-refractivity contribution is 7.91. The van der Waals surface area contributed by atoms with Crippen molar-refractivity contribution in [1.82, 2.24) is 14.9 Å². The number of allylic oxidation sites excluding steroid dienone is 3. The van der Waals surface area contributed by atoms with Gasteiger partial charge in [-0.25, -0.2) is 4.31 Å². The van der Waals surface area contributed by atoms with Gasteiger partial charge in [0.1, 0.15) is 4.21 Å². The molecule has 1 aliphatic heterocycles. The fourth-order valence-corrected chi connectivity index (χ4v) is 6.17. The van der Waals surface area contributed by atoms with Gasteiger partial charge in [-0.2, -0.15) is 8.42 Å². The second kappa shape index (κ2) is 13.5. The molecule has 6 nitrogen and oxygen atoms in total. The number of carbonyl (C=O) groups excluding carboxylic acids is 1. The van der Waals surface area contributed by atoms with Crippen molar-refractivity contribution in [3.05, 3.63) is 88.2 Å². The number of sulfonamides is 1. The van der Waals surface area contributed by atoms with Gasteiger partial charge in [0.05, 0.1) is 6.54 Å². The number of rotatable bonds is 13. The summed E-state index contributed by atoms with van der Waals surface area (Å²) in [5.74, 6) is -0.245. The van der Waals surface area contributed by atoms with Crippen molar-refractivity contribution in [1.29, 1.82) is 0 Å². The fourth-order valence-electron chi connectivity index (χ4n) is 3.47. The van der Waals surface area contributed by atoms with E-state index in [1.54, 1.807) is 54.8 Å². The van der Waals surface area contributed by atoms with Crippen LogP contribution in [0.15, 0.2) is 76.9 Å². The fraction of sp³-hybridized carbons (Fsp3) is 0.346. The smallest absolute Gasteiger partial charge is 0.277 e. The molecule has 0 aliphatic carbocycles. The predicted molar refractivity (Wildman–Crippen MR) is 144 cm³/mol. The number of hydrogen-bond acceptors (Lipinski definition) is 5. The molecule has 1 aliphatic rings. The number of benzene rings is 1. The SMILES string of the molecule is CCCCCCCCNC1=CC=CN(S(=O)(=O)c2ccc(CNC(=O)c3ccc(Cl)cc3)s2)C=C1. The predicted octanol–water partition coefficient (Wildman–Crippen LogP) is 6.20. The largest absolute Gasteiger partial charge is 0.385 e. The van der Waals surface area contributed by atoms with Crippen LogP contribution < -0.4 is 10.6 Å². The van der Waals surface area contributed by atoms with Crippen LogP contribution in [0.1, 0.15) is 60.7 Å². The molecule has 1 aromatic carbocycles. The first-order valence-corrected chi connectivity index (χ1v) is 14.5. The van der Waals surface area contributed by atoms with Crippen molar-refractivity contribution >= 4 is 38.9 Å². The molecule has 0 atom stereocenters. The molecule has 2 aromatic rings. The molecule has 2 heterocycles. The Morgan fingerprint density at radius 1 is 1.00 bits per heavy atom. The van der Waals surface area contributed by atoms with E-state index in [-0.39, 0.29) is 16.7 Å². The van der Waals surface area contributed by atoms with E-state index in [0.29, 0.717) is 10.6 Å². The Kier molecular flexibility index (Phi) is 10.4. The summed E-state index contributed by atoms with van der Waals surface area (Å²) in [5, 5.41) is 6.74. The number of halogens is 1. The van der Waals surface area contributed by atoms with E-state index in [1.807, 2.05) is 6.08 Å². The van der Waals surface area contributed by atoms with E-state index in [2.05, 4.69) is 17.6 Å². The number of unbranched alkanes of at least 4 members (excludes halogenated alkanes) is 5. The van der Waals surface area contributed by atoms with Crippen LogP contribution >= 0.6 is 22.9 Å². The second-order valence-electron chi connectivity index (χ2n) is 8.22. The highest BCUT2D eigenvalue weighted by atomic mass is 35.5. The minimum atomic E-state index is -3.73. The second-order valence-corrected chi connectivity index (χ2v) is 11.9. The van der Waals surface area contributed by atoms with Gasteiger partial charge < -0.3 is 10.6 Å². The number of nitrogens with one attached hydrogen (secondary N) is 2. The lowest BCUT2D eigenvalue weighted by Crippen LogP contribution is -2.22. The minimum absolute atomic E-state index is 0.214. The first-order chi connectivity index (χ1) is 16.9. The zero-order chi connectivity index (χ0) is 25.1. The maximum absolute atomic E-state index is 13.1. The summed E-state index contributed by atoms with van der Waals surface area (Å²) < 4.78 is 27.7. The highest BCUT2D eigenvalue weighted by Crippen LogP contribution is 2.26. The molecule has 3 rings (SSSR count). The van der Waals surface area contributed by atoms with Gasteiger partial charge >= 0.3 is 0 Å². The van der Waals surface area contributed by atoms with Crippen LogP contribution in [0, 0.1) is 0 Å². The van der Waals surface area contributed by atoms with Crippen molar-refractivity contribution in [2.45, 2.75) is 56.2 Å². The average molecular weight is 534 g/mol. The van der Waals surface area contributed by atoms with Crippen molar-refractivity contribution in [3.63, 3.8) is 0 Å². The lowest BCUT2D eigenvalue weighted by atomic mass is 10.1. The van der Waals surface area contributed by atoms with Crippen LogP contribution in [-0.2, 0) is 16.6 Å². The lowest BCUT2D eigenvalue weighted by molar-refractivity contribution is 0.0951. The van der Waals surface area contributed by atoms with Gasteiger partial charge in [-0.3, -0.25) is 4.79 Å². The Hall–Kier alpha value is -2.55. The van der Waals surface area contributed by atoms with E-state index >= 15 is 0 Å². The van der Waals surface area contributed by atoms with Crippen LogP contribution in [0.25, 0.3) is 0 Å². The molecular weight excluding hydrogens is 502 g/mol. The summed E-state index contributed by atoms with van der Waals surface area (Å²) in [7, 11) is -3.73. The monoisotopic (exact) mass is 533 g/mol. The third-order valence-electron chi connectivity index (χ3n) is 5.47. The molecule has 0 radical (unpaired) electrons. The van der Waals surface area contributed by atoms with Gasteiger partial charge in [0.15, 0.2) is 0 Å². The molecule has 0 spiro atoms. The quantitative estimate of drug-likeness (QED) is 0.300. The Balaban J connectivity index is 1.51. The molecule has 35 heavy (non-hydrogen) atoms. The van der Waals surface area contributed by atoms with Crippen molar-refractivity contribution in [2.75, 3.05) is 6.54 Å². The topological polar surface area (TPSA) is 78.5 Å². The van der Waals surface area contributed by atoms with Crippen molar-refractivity contribution < 1.29 is 13.2 Å². The van der Waals surface area contributed by atoms with Crippen molar-refractivity contribution in [2.24, 2.45) is 0 Å². The Labute approximate surface area is 217 Å². The molecule has 1 amide bonds. The lowest BCUT2D eigenvalue weighted by Gasteiger charge is -2.14. The summed E-state index contributed by atoms with van der Waals surface area (Å²) in [6, 6.07) is 9.88. The number of carbonyl (C=O) groups is 1. The molecule has 0 unspecified atom stereocenters. The van der Waals surface area contributed by atoms with Crippen LogP contribution in [0.4, 0.5) is 0 Å². The molecule has 0 saturated carbocycles. The summed E-state index contributed by atoms with van der Waals surface area (Å²) in [4.78, 5) is 13.0. The molecule has 0 saturated heterocycles. The summed E-state index contributed by atoms with van der Waals surface area (Å²) in [5.41, 5.74) is 1.37. The Morgan fingerprint density at radius 2 is 1.74 bits per heavy atom. The molecule has 188 valence electrons. The van der Waals surface area contributed by atoms with Gasteiger partial charge in [-0.15, -0.1) is 11.3 Å².